The van der Waals surface area contributed by atoms with Crippen molar-refractivity contribution in [1.29, 1.82) is 0 Å². The summed E-state index contributed by atoms with van der Waals surface area (Å²) in [5.74, 6) is 0.122. The van der Waals surface area contributed by atoms with E-state index in [1.807, 2.05) is 0 Å². The van der Waals surface area contributed by atoms with Gasteiger partial charge in [-0.05, 0) is 25.0 Å². The molecule has 2 aliphatic rings. The Kier molecular flexibility index (Phi) is 5.52. The quantitative estimate of drug-likeness (QED) is 0.800. The first-order valence-corrected chi connectivity index (χ1v) is 10.5. The van der Waals surface area contributed by atoms with Crippen molar-refractivity contribution in [2.45, 2.75) is 18.9 Å². The van der Waals surface area contributed by atoms with Crippen molar-refractivity contribution in [1.82, 2.24) is 19.4 Å². The van der Waals surface area contributed by atoms with Gasteiger partial charge < -0.3 is 19.5 Å². The van der Waals surface area contributed by atoms with Crippen molar-refractivity contribution in [3.63, 3.8) is 0 Å². The van der Waals surface area contributed by atoms with E-state index in [-0.39, 0.29) is 18.0 Å². The number of hydrogen-bond acceptors (Lipinski definition) is 5. The van der Waals surface area contributed by atoms with Crippen LogP contribution >= 0.6 is 0 Å². The maximum absolute atomic E-state index is 12.5. The molecule has 1 aromatic rings. The largest absolute Gasteiger partial charge is 0.459 e. The first kappa shape index (κ1) is 18.7. The second kappa shape index (κ2) is 7.67. The number of nitrogens with zero attached hydrogens (tertiary/aromatic N) is 3. The average molecular weight is 384 g/mol. The van der Waals surface area contributed by atoms with Crippen LogP contribution in [-0.2, 0) is 10.0 Å². The number of nitrogens with one attached hydrogen (secondary N) is 1. The number of sulfonamides is 1. The van der Waals surface area contributed by atoms with Crippen LogP contribution in [0.4, 0.5) is 4.79 Å². The number of piperidine rings is 1. The van der Waals surface area contributed by atoms with Gasteiger partial charge in [-0.2, -0.15) is 0 Å². The Labute approximate surface area is 153 Å². The smallest absolute Gasteiger partial charge is 0.317 e. The highest BCUT2D eigenvalue weighted by atomic mass is 32.2. The van der Waals surface area contributed by atoms with E-state index < -0.39 is 10.0 Å². The van der Waals surface area contributed by atoms with E-state index in [1.54, 1.807) is 21.9 Å². The third-order valence-corrected chi connectivity index (χ3v) is 6.04. The second-order valence-electron chi connectivity index (χ2n) is 6.67. The minimum atomic E-state index is -3.24. The van der Waals surface area contributed by atoms with Crippen LogP contribution in [0.2, 0.25) is 0 Å². The van der Waals surface area contributed by atoms with Gasteiger partial charge in [-0.25, -0.2) is 17.5 Å². The van der Waals surface area contributed by atoms with Crippen molar-refractivity contribution in [3.8, 4) is 0 Å². The van der Waals surface area contributed by atoms with E-state index in [0.717, 1.165) is 12.8 Å². The highest BCUT2D eigenvalue weighted by Gasteiger charge is 2.30. The summed E-state index contributed by atoms with van der Waals surface area (Å²) < 4.78 is 29.9. The molecule has 0 bridgehead atoms. The Balaban J connectivity index is 1.49. The van der Waals surface area contributed by atoms with Crippen molar-refractivity contribution < 1.29 is 22.4 Å². The van der Waals surface area contributed by atoms with Gasteiger partial charge >= 0.3 is 6.03 Å². The molecule has 3 amide bonds. The van der Waals surface area contributed by atoms with Gasteiger partial charge in [0.1, 0.15) is 0 Å². The summed E-state index contributed by atoms with van der Waals surface area (Å²) in [6, 6.07) is 2.89. The number of rotatable bonds is 3. The van der Waals surface area contributed by atoms with Crippen molar-refractivity contribution in [3.05, 3.63) is 24.2 Å². The lowest BCUT2D eigenvalue weighted by molar-refractivity contribution is 0.0631. The zero-order chi connectivity index (χ0) is 18.7. The minimum Gasteiger partial charge on any atom is -0.459 e. The Hall–Kier alpha value is -2.07. The predicted molar refractivity (Wildman–Crippen MR) is 94.2 cm³/mol. The fourth-order valence-corrected chi connectivity index (χ4v) is 4.21. The van der Waals surface area contributed by atoms with Crippen LogP contribution in [-0.4, -0.2) is 86.0 Å². The van der Waals surface area contributed by atoms with Gasteiger partial charge in [-0.1, -0.05) is 0 Å². The zero-order valence-electron chi connectivity index (χ0n) is 14.8. The molecule has 2 aliphatic heterocycles. The van der Waals surface area contributed by atoms with Gasteiger partial charge in [-0.15, -0.1) is 0 Å². The van der Waals surface area contributed by atoms with Gasteiger partial charge in [0.05, 0.1) is 12.5 Å². The summed E-state index contributed by atoms with van der Waals surface area (Å²) in [6.45, 7) is 2.54. The van der Waals surface area contributed by atoms with Gasteiger partial charge in [-0.3, -0.25) is 4.79 Å². The highest BCUT2D eigenvalue weighted by molar-refractivity contribution is 7.88. The summed E-state index contributed by atoms with van der Waals surface area (Å²) in [6.07, 6.45) is 4.13. The molecule has 2 fully saturated rings. The van der Waals surface area contributed by atoms with Crippen molar-refractivity contribution in [2.75, 3.05) is 45.5 Å². The van der Waals surface area contributed by atoms with E-state index >= 15 is 0 Å². The third-order valence-electron chi connectivity index (χ3n) is 4.77. The molecule has 3 heterocycles. The Morgan fingerprint density at radius 3 is 2.46 bits per heavy atom. The molecule has 1 aromatic heterocycles. The molecule has 0 aromatic carbocycles. The molecule has 2 saturated heterocycles. The van der Waals surface area contributed by atoms with Crippen LogP contribution in [0.3, 0.4) is 0 Å². The number of carbonyl (C=O) groups excluding carboxylic acids is 2. The van der Waals surface area contributed by atoms with Crippen LogP contribution in [0, 0.1) is 0 Å². The first-order chi connectivity index (χ1) is 12.3. The van der Waals surface area contributed by atoms with E-state index in [0.29, 0.717) is 45.0 Å². The fraction of sp³-hybridized carbons (Fsp3) is 0.625. The SMILES string of the molecule is CS(=O)(=O)N1CCCC(NC(=O)N2CCN(C(=O)c3ccco3)CC2)C1. The number of amides is 3. The van der Waals surface area contributed by atoms with Crippen LogP contribution < -0.4 is 5.32 Å². The second-order valence-corrected chi connectivity index (χ2v) is 8.65. The number of furan rings is 1. The maximum Gasteiger partial charge on any atom is 0.317 e. The lowest BCUT2D eigenvalue weighted by Crippen LogP contribution is -2.57. The molecule has 26 heavy (non-hydrogen) atoms. The number of urea groups is 1. The Morgan fingerprint density at radius 2 is 1.85 bits per heavy atom. The molecule has 0 radical (unpaired) electrons. The van der Waals surface area contributed by atoms with Gasteiger partial charge in [0.2, 0.25) is 10.0 Å². The molecule has 0 spiro atoms. The molecule has 144 valence electrons. The zero-order valence-corrected chi connectivity index (χ0v) is 15.6. The summed E-state index contributed by atoms with van der Waals surface area (Å²) in [4.78, 5) is 28.0. The van der Waals surface area contributed by atoms with Crippen LogP contribution in [0.15, 0.2) is 22.8 Å². The van der Waals surface area contributed by atoms with Gasteiger partial charge in [0.15, 0.2) is 5.76 Å². The Bertz CT molecular complexity index is 741. The van der Waals surface area contributed by atoms with E-state index in [2.05, 4.69) is 5.32 Å². The van der Waals surface area contributed by atoms with E-state index in [1.165, 1.54) is 16.8 Å². The Morgan fingerprint density at radius 1 is 1.15 bits per heavy atom. The van der Waals surface area contributed by atoms with Crippen LogP contribution in [0.5, 0.6) is 0 Å². The molecule has 1 N–H and O–H groups in total. The topological polar surface area (TPSA) is 103 Å². The molecule has 9 nitrogen and oxygen atoms in total. The summed E-state index contributed by atoms with van der Waals surface area (Å²) in [5, 5.41) is 2.92. The maximum atomic E-state index is 12.5. The normalized spacial score (nSPS) is 22.3. The molecular weight excluding hydrogens is 360 g/mol. The summed E-state index contributed by atoms with van der Waals surface area (Å²) in [5.41, 5.74) is 0. The summed E-state index contributed by atoms with van der Waals surface area (Å²) >= 11 is 0. The van der Waals surface area contributed by atoms with Crippen molar-refractivity contribution in [2.24, 2.45) is 0 Å². The number of carbonyl (C=O) groups is 2. The number of hydrogen-bond donors (Lipinski definition) is 1. The summed E-state index contributed by atoms with van der Waals surface area (Å²) in [7, 11) is -3.24. The van der Waals surface area contributed by atoms with Crippen LogP contribution in [0.25, 0.3) is 0 Å². The molecule has 0 aliphatic carbocycles. The molecule has 1 unspecified atom stereocenters. The molecule has 3 rings (SSSR count). The fourth-order valence-electron chi connectivity index (χ4n) is 3.30. The molecule has 1 atom stereocenters. The predicted octanol–water partition coefficient (Wildman–Crippen LogP) is 0.171. The molecule has 10 heteroatoms. The lowest BCUT2D eigenvalue weighted by Gasteiger charge is -2.36. The number of piperazine rings is 1. The lowest BCUT2D eigenvalue weighted by atomic mass is 10.1. The first-order valence-electron chi connectivity index (χ1n) is 8.68. The minimum absolute atomic E-state index is 0.175. The van der Waals surface area contributed by atoms with E-state index in [4.69, 9.17) is 4.42 Å². The average Bonchev–Trinajstić information content (AvgIpc) is 3.15. The highest BCUT2D eigenvalue weighted by Crippen LogP contribution is 2.14. The van der Waals surface area contributed by atoms with Crippen LogP contribution in [0.1, 0.15) is 23.4 Å². The molecular formula is C16H24N4O5S. The van der Waals surface area contributed by atoms with Crippen molar-refractivity contribution >= 4 is 22.0 Å². The van der Waals surface area contributed by atoms with Gasteiger partial charge in [0.25, 0.3) is 5.91 Å². The standard InChI is InChI=1S/C16H24N4O5S/c1-26(23,24)20-6-2-4-13(12-20)17-16(22)19-9-7-18(8-10-19)15(21)14-5-3-11-25-14/h3,5,11,13H,2,4,6-10,12H2,1H3,(H,17,22). The monoisotopic (exact) mass is 384 g/mol. The third kappa shape index (κ3) is 4.36. The molecule has 0 saturated carbocycles. The van der Waals surface area contributed by atoms with E-state index in [9.17, 15) is 18.0 Å². The van der Waals surface area contributed by atoms with Gasteiger partial charge in [0, 0.05) is 45.3 Å².